The van der Waals surface area contributed by atoms with Gasteiger partial charge in [0.1, 0.15) is 11.9 Å². The predicted molar refractivity (Wildman–Crippen MR) is 71.3 cm³/mol. The Morgan fingerprint density at radius 2 is 2.05 bits per heavy atom. The van der Waals surface area contributed by atoms with Gasteiger partial charge in [0.05, 0.1) is 19.3 Å². The predicted octanol–water partition coefficient (Wildman–Crippen LogP) is 2.46. The van der Waals surface area contributed by atoms with Gasteiger partial charge in [-0.05, 0) is 24.1 Å². The summed E-state index contributed by atoms with van der Waals surface area (Å²) in [5.41, 5.74) is 1.64. The standard InChI is InChI=1S/C15H19FN2O/c1-11-9-13(3-4-14(11)16)12(2)15(10-17)18-5-7-19-8-6-18/h3-4,9,12,15H,5-8H2,1-2H3. The van der Waals surface area contributed by atoms with Crippen molar-refractivity contribution in [1.82, 2.24) is 4.90 Å². The maximum absolute atomic E-state index is 13.3. The Hall–Kier alpha value is -1.44. The van der Waals surface area contributed by atoms with Crippen LogP contribution in [0, 0.1) is 24.1 Å². The number of halogens is 1. The molecule has 1 aliphatic rings. The van der Waals surface area contributed by atoms with Gasteiger partial charge < -0.3 is 4.74 Å². The summed E-state index contributed by atoms with van der Waals surface area (Å²) in [6, 6.07) is 7.29. The first-order valence-electron chi connectivity index (χ1n) is 6.61. The van der Waals surface area contributed by atoms with E-state index in [1.807, 2.05) is 13.0 Å². The van der Waals surface area contributed by atoms with Crippen LogP contribution in [0.25, 0.3) is 0 Å². The van der Waals surface area contributed by atoms with E-state index in [4.69, 9.17) is 4.74 Å². The molecule has 0 radical (unpaired) electrons. The number of nitriles is 1. The maximum Gasteiger partial charge on any atom is 0.126 e. The van der Waals surface area contributed by atoms with Crippen LogP contribution in [-0.2, 0) is 4.74 Å². The highest BCUT2D eigenvalue weighted by atomic mass is 19.1. The molecule has 2 rings (SSSR count). The molecule has 0 aromatic heterocycles. The van der Waals surface area contributed by atoms with E-state index in [-0.39, 0.29) is 17.8 Å². The van der Waals surface area contributed by atoms with Crippen molar-refractivity contribution < 1.29 is 9.13 Å². The van der Waals surface area contributed by atoms with Gasteiger partial charge in [-0.1, -0.05) is 19.1 Å². The van der Waals surface area contributed by atoms with E-state index in [0.717, 1.165) is 18.7 Å². The quantitative estimate of drug-likeness (QED) is 0.839. The van der Waals surface area contributed by atoms with Gasteiger partial charge in [-0.25, -0.2) is 4.39 Å². The molecular formula is C15H19FN2O. The number of aryl methyl sites for hydroxylation is 1. The van der Waals surface area contributed by atoms with Crippen LogP contribution in [0.15, 0.2) is 18.2 Å². The summed E-state index contributed by atoms with van der Waals surface area (Å²) >= 11 is 0. The lowest BCUT2D eigenvalue weighted by molar-refractivity contribution is 0.0231. The Labute approximate surface area is 113 Å². The Bertz CT molecular complexity index is 478. The molecule has 1 aromatic rings. The SMILES string of the molecule is Cc1cc(C(C)C(C#N)N2CCOCC2)ccc1F. The third-order valence-electron chi connectivity index (χ3n) is 3.75. The molecule has 0 spiro atoms. The minimum Gasteiger partial charge on any atom is -0.379 e. The zero-order valence-corrected chi connectivity index (χ0v) is 11.4. The molecular weight excluding hydrogens is 243 g/mol. The van der Waals surface area contributed by atoms with Crippen LogP contribution in [0.1, 0.15) is 24.0 Å². The first-order valence-corrected chi connectivity index (χ1v) is 6.61. The normalized spacial score (nSPS) is 19.7. The topological polar surface area (TPSA) is 36.3 Å². The zero-order valence-electron chi connectivity index (χ0n) is 11.4. The first kappa shape index (κ1) is 14.0. The molecule has 0 N–H and O–H groups in total. The smallest absolute Gasteiger partial charge is 0.126 e. The van der Waals surface area contributed by atoms with Crippen molar-refractivity contribution >= 4 is 0 Å². The molecule has 1 fully saturated rings. The zero-order chi connectivity index (χ0) is 13.8. The van der Waals surface area contributed by atoms with Crippen LogP contribution < -0.4 is 0 Å². The van der Waals surface area contributed by atoms with Crippen LogP contribution in [0.4, 0.5) is 4.39 Å². The molecule has 1 heterocycles. The van der Waals surface area contributed by atoms with Crippen LogP contribution in [0.2, 0.25) is 0 Å². The fourth-order valence-corrected chi connectivity index (χ4v) is 2.50. The molecule has 0 bridgehead atoms. The van der Waals surface area contributed by atoms with Crippen molar-refractivity contribution in [3.05, 3.63) is 35.1 Å². The second-order valence-electron chi connectivity index (χ2n) is 5.02. The third-order valence-corrected chi connectivity index (χ3v) is 3.75. The van der Waals surface area contributed by atoms with Crippen molar-refractivity contribution in [2.75, 3.05) is 26.3 Å². The number of morpholine rings is 1. The van der Waals surface area contributed by atoms with Gasteiger partial charge in [0.25, 0.3) is 0 Å². The number of rotatable bonds is 3. The molecule has 0 saturated carbocycles. The molecule has 1 aliphatic heterocycles. The third kappa shape index (κ3) is 3.12. The van der Waals surface area contributed by atoms with Crippen molar-refractivity contribution in [2.24, 2.45) is 0 Å². The fraction of sp³-hybridized carbons (Fsp3) is 0.533. The summed E-state index contributed by atoms with van der Waals surface area (Å²) in [5, 5.41) is 9.43. The molecule has 19 heavy (non-hydrogen) atoms. The summed E-state index contributed by atoms with van der Waals surface area (Å²) in [6.45, 7) is 6.68. The van der Waals surface area contributed by atoms with E-state index in [2.05, 4.69) is 11.0 Å². The second kappa shape index (κ2) is 6.14. The van der Waals surface area contributed by atoms with Crippen LogP contribution >= 0.6 is 0 Å². The van der Waals surface area contributed by atoms with Gasteiger partial charge in [0, 0.05) is 19.0 Å². The molecule has 1 aromatic carbocycles. The highest BCUT2D eigenvalue weighted by Crippen LogP contribution is 2.25. The van der Waals surface area contributed by atoms with Crippen LogP contribution in [-0.4, -0.2) is 37.2 Å². The van der Waals surface area contributed by atoms with Crippen molar-refractivity contribution in [3.8, 4) is 6.07 Å². The molecule has 2 unspecified atom stereocenters. The lowest BCUT2D eigenvalue weighted by atomic mass is 9.91. The average Bonchev–Trinajstić information content (AvgIpc) is 2.44. The molecule has 0 aliphatic carbocycles. The number of nitrogens with zero attached hydrogens (tertiary/aromatic N) is 2. The van der Waals surface area contributed by atoms with E-state index in [1.165, 1.54) is 6.07 Å². The number of ether oxygens (including phenoxy) is 1. The van der Waals surface area contributed by atoms with Crippen LogP contribution in [0.3, 0.4) is 0 Å². The van der Waals surface area contributed by atoms with Gasteiger partial charge in [-0.3, -0.25) is 4.90 Å². The summed E-state index contributed by atoms with van der Waals surface area (Å²) in [4.78, 5) is 2.15. The maximum atomic E-state index is 13.3. The Balaban J connectivity index is 2.17. The number of hydrogen-bond donors (Lipinski definition) is 0. The minimum atomic E-state index is -0.198. The van der Waals surface area contributed by atoms with Gasteiger partial charge >= 0.3 is 0 Å². The van der Waals surface area contributed by atoms with Gasteiger partial charge in [-0.2, -0.15) is 5.26 Å². The molecule has 3 nitrogen and oxygen atoms in total. The van der Waals surface area contributed by atoms with E-state index >= 15 is 0 Å². The van der Waals surface area contributed by atoms with Gasteiger partial charge in [-0.15, -0.1) is 0 Å². The highest BCUT2D eigenvalue weighted by molar-refractivity contribution is 5.29. The average molecular weight is 262 g/mol. The molecule has 102 valence electrons. The minimum absolute atomic E-state index is 0.0578. The second-order valence-corrected chi connectivity index (χ2v) is 5.02. The Kier molecular flexibility index (Phi) is 4.52. The van der Waals surface area contributed by atoms with Crippen LogP contribution in [0.5, 0.6) is 0 Å². The van der Waals surface area contributed by atoms with E-state index in [1.54, 1.807) is 13.0 Å². The number of benzene rings is 1. The lowest BCUT2D eigenvalue weighted by Gasteiger charge is -2.33. The molecule has 1 saturated heterocycles. The number of hydrogen-bond acceptors (Lipinski definition) is 3. The summed E-state index contributed by atoms with van der Waals surface area (Å²) in [5.74, 6) is -0.141. The van der Waals surface area contributed by atoms with E-state index < -0.39 is 0 Å². The Morgan fingerprint density at radius 3 is 2.63 bits per heavy atom. The molecule has 0 amide bonds. The first-order chi connectivity index (χ1) is 9.13. The fourth-order valence-electron chi connectivity index (χ4n) is 2.50. The van der Waals surface area contributed by atoms with Crippen molar-refractivity contribution in [2.45, 2.75) is 25.8 Å². The summed E-state index contributed by atoms with van der Waals surface area (Å²) in [7, 11) is 0. The summed E-state index contributed by atoms with van der Waals surface area (Å²) < 4.78 is 18.6. The van der Waals surface area contributed by atoms with E-state index in [9.17, 15) is 9.65 Å². The van der Waals surface area contributed by atoms with E-state index in [0.29, 0.717) is 18.8 Å². The van der Waals surface area contributed by atoms with Crippen molar-refractivity contribution in [1.29, 1.82) is 5.26 Å². The summed E-state index contributed by atoms with van der Waals surface area (Å²) in [6.07, 6.45) is 0. The monoisotopic (exact) mass is 262 g/mol. The Morgan fingerprint density at radius 1 is 1.37 bits per heavy atom. The largest absolute Gasteiger partial charge is 0.379 e. The lowest BCUT2D eigenvalue weighted by Crippen LogP contribution is -2.45. The van der Waals surface area contributed by atoms with Crippen molar-refractivity contribution in [3.63, 3.8) is 0 Å². The molecule has 4 heteroatoms. The highest BCUT2D eigenvalue weighted by Gasteiger charge is 2.27. The van der Waals surface area contributed by atoms with Gasteiger partial charge in [0.15, 0.2) is 0 Å². The van der Waals surface area contributed by atoms with Gasteiger partial charge in [0.2, 0.25) is 0 Å². The molecule has 2 atom stereocenters.